The van der Waals surface area contributed by atoms with Crippen LogP contribution in [0.2, 0.25) is 0 Å². The molecule has 0 aliphatic carbocycles. The van der Waals surface area contributed by atoms with Crippen molar-refractivity contribution in [1.29, 1.82) is 0 Å². The molecule has 0 unspecified atom stereocenters. The average molecular weight is 274 g/mol. The third-order valence-electron chi connectivity index (χ3n) is 2.86. The van der Waals surface area contributed by atoms with Crippen molar-refractivity contribution >= 4 is 11.6 Å². The molecule has 2 aromatic rings. The number of amides is 1. The number of anilines is 1. The number of rotatable bonds is 4. The van der Waals surface area contributed by atoms with Crippen molar-refractivity contribution in [3.05, 3.63) is 59.4 Å². The van der Waals surface area contributed by atoms with Gasteiger partial charge >= 0.3 is 0 Å². The highest BCUT2D eigenvalue weighted by Gasteiger charge is 2.08. The van der Waals surface area contributed by atoms with E-state index in [-0.39, 0.29) is 18.3 Å². The van der Waals surface area contributed by atoms with Crippen LogP contribution < -0.4 is 15.8 Å². The van der Waals surface area contributed by atoms with Crippen molar-refractivity contribution in [2.45, 2.75) is 6.54 Å². The molecule has 2 rings (SSSR count). The predicted molar refractivity (Wildman–Crippen MR) is 75.2 cm³/mol. The van der Waals surface area contributed by atoms with Crippen LogP contribution in [0.25, 0.3) is 0 Å². The van der Waals surface area contributed by atoms with Gasteiger partial charge < -0.3 is 15.8 Å². The molecule has 5 heteroatoms. The Balaban J connectivity index is 2.18. The first kappa shape index (κ1) is 14.0. The van der Waals surface area contributed by atoms with E-state index in [1.54, 1.807) is 24.3 Å². The lowest BCUT2D eigenvalue weighted by Crippen LogP contribution is -2.12. The maximum absolute atomic E-state index is 13.3. The van der Waals surface area contributed by atoms with Crippen molar-refractivity contribution < 1.29 is 13.9 Å². The number of ether oxygens (including phenoxy) is 1. The lowest BCUT2D eigenvalue weighted by Gasteiger charge is -2.08. The van der Waals surface area contributed by atoms with Crippen molar-refractivity contribution in [2.75, 3.05) is 12.4 Å². The number of carbonyl (C=O) groups is 1. The number of halogens is 1. The minimum absolute atomic E-state index is 0.0781. The van der Waals surface area contributed by atoms with E-state index in [9.17, 15) is 9.18 Å². The standard InChI is InChI=1S/C15H15FN2O2/c1-20-13-4-2-3-10(8-13)15(19)18-12-5-6-14(16)11(7-12)9-17/h2-8H,9,17H2,1H3,(H,18,19). The molecule has 0 fully saturated rings. The zero-order valence-electron chi connectivity index (χ0n) is 11.0. The fourth-order valence-electron chi connectivity index (χ4n) is 1.78. The Morgan fingerprint density at radius 3 is 2.80 bits per heavy atom. The number of methoxy groups -OCH3 is 1. The van der Waals surface area contributed by atoms with Crippen LogP contribution in [0.1, 0.15) is 15.9 Å². The molecule has 0 aliphatic heterocycles. The number of nitrogens with one attached hydrogen (secondary N) is 1. The molecular formula is C15H15FN2O2. The Labute approximate surface area is 116 Å². The van der Waals surface area contributed by atoms with Crippen LogP contribution in [0.4, 0.5) is 10.1 Å². The van der Waals surface area contributed by atoms with Crippen LogP contribution in [0.5, 0.6) is 5.75 Å². The normalized spacial score (nSPS) is 10.2. The van der Waals surface area contributed by atoms with E-state index in [1.807, 2.05) is 0 Å². The number of nitrogens with two attached hydrogens (primary N) is 1. The summed E-state index contributed by atoms with van der Waals surface area (Å²) in [5.74, 6) is -0.0789. The number of hydrogen-bond acceptors (Lipinski definition) is 3. The maximum atomic E-state index is 13.3. The molecule has 20 heavy (non-hydrogen) atoms. The molecule has 1 amide bonds. The summed E-state index contributed by atoms with van der Waals surface area (Å²) in [5.41, 5.74) is 6.75. The second-order valence-electron chi connectivity index (χ2n) is 4.20. The molecule has 0 atom stereocenters. The second kappa shape index (κ2) is 6.16. The maximum Gasteiger partial charge on any atom is 0.255 e. The average Bonchev–Trinajstić information content (AvgIpc) is 2.49. The van der Waals surface area contributed by atoms with Crippen LogP contribution in [0, 0.1) is 5.82 Å². The number of carbonyl (C=O) groups excluding carboxylic acids is 1. The van der Waals surface area contributed by atoms with Crippen LogP contribution in [0.15, 0.2) is 42.5 Å². The van der Waals surface area contributed by atoms with Crippen LogP contribution in [-0.4, -0.2) is 13.0 Å². The van der Waals surface area contributed by atoms with Gasteiger partial charge in [-0.2, -0.15) is 0 Å². The van der Waals surface area contributed by atoms with Crippen molar-refractivity contribution in [1.82, 2.24) is 0 Å². The summed E-state index contributed by atoms with van der Waals surface area (Å²) in [6.45, 7) is 0.0781. The summed E-state index contributed by atoms with van der Waals surface area (Å²) < 4.78 is 18.4. The van der Waals surface area contributed by atoms with E-state index >= 15 is 0 Å². The van der Waals surface area contributed by atoms with Crippen LogP contribution in [-0.2, 0) is 6.54 Å². The molecule has 0 aromatic heterocycles. The molecule has 0 radical (unpaired) electrons. The fraction of sp³-hybridized carbons (Fsp3) is 0.133. The van der Waals surface area contributed by atoms with Crippen LogP contribution >= 0.6 is 0 Å². The van der Waals surface area contributed by atoms with E-state index in [0.29, 0.717) is 22.6 Å². The molecule has 104 valence electrons. The molecule has 2 aromatic carbocycles. The van der Waals surface area contributed by atoms with Gasteiger partial charge in [-0.15, -0.1) is 0 Å². The Kier molecular flexibility index (Phi) is 4.32. The first-order chi connectivity index (χ1) is 9.63. The highest BCUT2D eigenvalue weighted by atomic mass is 19.1. The third-order valence-corrected chi connectivity index (χ3v) is 2.86. The molecule has 0 saturated heterocycles. The van der Waals surface area contributed by atoms with Gasteiger partial charge in [-0.25, -0.2) is 4.39 Å². The zero-order valence-corrected chi connectivity index (χ0v) is 11.0. The second-order valence-corrected chi connectivity index (χ2v) is 4.20. The highest BCUT2D eigenvalue weighted by molar-refractivity contribution is 6.04. The molecule has 0 spiro atoms. The van der Waals surface area contributed by atoms with Gasteiger partial charge in [-0.1, -0.05) is 6.07 Å². The van der Waals surface area contributed by atoms with E-state index in [4.69, 9.17) is 10.5 Å². The van der Waals surface area contributed by atoms with E-state index < -0.39 is 0 Å². The van der Waals surface area contributed by atoms with E-state index in [1.165, 1.54) is 25.3 Å². The largest absolute Gasteiger partial charge is 0.497 e. The van der Waals surface area contributed by atoms with Crippen LogP contribution in [0.3, 0.4) is 0 Å². The topological polar surface area (TPSA) is 64.3 Å². The Morgan fingerprint density at radius 1 is 1.30 bits per heavy atom. The zero-order chi connectivity index (χ0) is 14.5. The first-order valence-electron chi connectivity index (χ1n) is 6.08. The van der Waals surface area contributed by atoms with Gasteiger partial charge in [-0.05, 0) is 36.4 Å². The molecule has 0 aliphatic rings. The summed E-state index contributed by atoms with van der Waals surface area (Å²) in [6, 6.07) is 11.1. The molecule has 0 bridgehead atoms. The monoisotopic (exact) mass is 274 g/mol. The van der Waals surface area contributed by atoms with Gasteiger partial charge in [0.25, 0.3) is 5.91 Å². The van der Waals surface area contributed by atoms with Gasteiger partial charge in [0.1, 0.15) is 11.6 Å². The van der Waals surface area contributed by atoms with Gasteiger partial charge in [0.2, 0.25) is 0 Å². The van der Waals surface area contributed by atoms with E-state index in [2.05, 4.69) is 5.32 Å². The summed E-state index contributed by atoms with van der Waals surface area (Å²) in [7, 11) is 1.53. The summed E-state index contributed by atoms with van der Waals surface area (Å²) in [5, 5.41) is 2.69. The summed E-state index contributed by atoms with van der Waals surface area (Å²) in [4.78, 5) is 12.1. The fourth-order valence-corrected chi connectivity index (χ4v) is 1.78. The summed E-state index contributed by atoms with van der Waals surface area (Å²) >= 11 is 0. The van der Waals surface area contributed by atoms with Crippen molar-refractivity contribution in [2.24, 2.45) is 5.73 Å². The molecule has 3 N–H and O–H groups in total. The predicted octanol–water partition coefficient (Wildman–Crippen LogP) is 2.55. The first-order valence-corrected chi connectivity index (χ1v) is 6.08. The van der Waals surface area contributed by atoms with Crippen molar-refractivity contribution in [3.63, 3.8) is 0 Å². The Hall–Kier alpha value is -2.40. The molecule has 4 nitrogen and oxygen atoms in total. The lowest BCUT2D eigenvalue weighted by molar-refractivity contribution is 0.102. The SMILES string of the molecule is COc1cccc(C(=O)Nc2ccc(F)c(CN)c2)c1. The van der Waals surface area contributed by atoms with Gasteiger partial charge in [0.05, 0.1) is 7.11 Å². The van der Waals surface area contributed by atoms with E-state index in [0.717, 1.165) is 0 Å². The van der Waals surface area contributed by atoms with Gasteiger partial charge in [-0.3, -0.25) is 4.79 Å². The Bertz CT molecular complexity index is 629. The third kappa shape index (κ3) is 3.13. The van der Waals surface area contributed by atoms with Crippen molar-refractivity contribution in [3.8, 4) is 5.75 Å². The minimum Gasteiger partial charge on any atom is -0.497 e. The molecule has 0 heterocycles. The smallest absolute Gasteiger partial charge is 0.255 e. The number of hydrogen-bond donors (Lipinski definition) is 2. The molecule has 0 saturated carbocycles. The molecular weight excluding hydrogens is 259 g/mol. The van der Waals surface area contributed by atoms with Gasteiger partial charge in [0.15, 0.2) is 0 Å². The van der Waals surface area contributed by atoms with Gasteiger partial charge in [0, 0.05) is 23.4 Å². The Morgan fingerprint density at radius 2 is 2.10 bits per heavy atom. The highest BCUT2D eigenvalue weighted by Crippen LogP contribution is 2.17. The quantitative estimate of drug-likeness (QED) is 0.900. The number of benzene rings is 2. The summed E-state index contributed by atoms with van der Waals surface area (Å²) in [6.07, 6.45) is 0. The minimum atomic E-state index is -0.383. The lowest BCUT2D eigenvalue weighted by atomic mass is 10.1.